The molecule has 0 radical (unpaired) electrons. The quantitative estimate of drug-likeness (QED) is 0.0595. The Bertz CT molecular complexity index is 1710. The Kier molecular flexibility index (Phi) is 8.26. The second-order valence-corrected chi connectivity index (χ2v) is 11.5. The zero-order valence-corrected chi connectivity index (χ0v) is 24.4. The third-order valence-corrected chi connectivity index (χ3v) is 8.51. The van der Waals surface area contributed by atoms with Crippen LogP contribution in [0.5, 0.6) is 5.75 Å². The first kappa shape index (κ1) is 30.0. The Morgan fingerprint density at radius 3 is 2.91 bits per heavy atom. The lowest BCUT2D eigenvalue weighted by molar-refractivity contribution is -0.157. The lowest BCUT2D eigenvalue weighted by Crippen LogP contribution is -2.44. The number of aliphatic hydroxyl groups is 1. The van der Waals surface area contributed by atoms with E-state index in [9.17, 15) is 24.2 Å². The molecule has 2 atom stereocenters. The second kappa shape index (κ2) is 12.1. The van der Waals surface area contributed by atoms with Crippen LogP contribution in [0.3, 0.4) is 0 Å². The Hall–Kier alpha value is -4.08. The van der Waals surface area contributed by atoms with Crippen molar-refractivity contribution >= 4 is 16.9 Å². The van der Waals surface area contributed by atoms with Gasteiger partial charge < -0.3 is 35.0 Å². The first-order chi connectivity index (χ1) is 21.2. The molecule has 234 valence electrons. The molecule has 0 bridgehead atoms. The molecule has 3 aromatic rings. The lowest BCUT2D eigenvalue weighted by Gasteiger charge is -2.35. The van der Waals surface area contributed by atoms with Gasteiger partial charge in [0.1, 0.15) is 6.61 Å². The van der Waals surface area contributed by atoms with Gasteiger partial charge in [-0.25, -0.2) is 20.0 Å². The Balaban J connectivity index is 1.34. The number of aromatic nitrogens is 2. The monoisotopic (exact) mass is 609 g/mol. The molecule has 44 heavy (non-hydrogen) atoms. The van der Waals surface area contributed by atoms with Crippen molar-refractivity contribution in [3.05, 3.63) is 68.5 Å². The maximum absolute atomic E-state index is 14.5. The van der Waals surface area contributed by atoms with Gasteiger partial charge in [-0.15, -0.1) is 0 Å². The molecule has 13 nitrogen and oxygen atoms in total. The number of halogens is 1. The number of ether oxygens (including phenoxy) is 2. The molecule has 3 aliphatic heterocycles. The van der Waals surface area contributed by atoms with E-state index in [-0.39, 0.29) is 42.4 Å². The van der Waals surface area contributed by atoms with Crippen molar-refractivity contribution in [2.24, 2.45) is 11.6 Å². The number of fused-ring (bicyclic) bond motifs is 5. The SMILES string of the molecule is CNCOCC1CCCCN1C/C(N)=C/N(N)Cc1c2c(nc3cc(F)c(O)cc13)-c1cc3c(c(=O)n1C2)COC(=O)C3O. The second-order valence-electron chi connectivity index (χ2n) is 11.5. The van der Waals surface area contributed by atoms with Gasteiger partial charge in [-0.1, -0.05) is 6.42 Å². The highest BCUT2D eigenvalue weighted by Gasteiger charge is 2.35. The summed E-state index contributed by atoms with van der Waals surface area (Å²) in [6.45, 7) is 2.43. The van der Waals surface area contributed by atoms with Crippen LogP contribution in [0.15, 0.2) is 34.9 Å². The number of phenolic OH excluding ortho intramolecular Hbond substituents is 1. The number of phenols is 1. The molecule has 1 saturated heterocycles. The van der Waals surface area contributed by atoms with E-state index in [4.69, 9.17) is 21.1 Å². The Labute approximate surface area is 252 Å². The zero-order chi connectivity index (χ0) is 31.1. The third kappa shape index (κ3) is 5.50. The smallest absolute Gasteiger partial charge is 0.340 e. The van der Waals surface area contributed by atoms with Crippen LogP contribution in [0.2, 0.25) is 0 Å². The summed E-state index contributed by atoms with van der Waals surface area (Å²) >= 11 is 0. The predicted molar refractivity (Wildman–Crippen MR) is 158 cm³/mol. The molecular weight excluding hydrogens is 573 g/mol. The van der Waals surface area contributed by atoms with Gasteiger partial charge in [-0.05, 0) is 44.1 Å². The number of benzene rings is 1. The number of aliphatic hydroxyl groups excluding tert-OH is 1. The number of cyclic esters (lactones) is 1. The van der Waals surface area contributed by atoms with Gasteiger partial charge in [0.25, 0.3) is 5.56 Å². The standard InChI is InChI=1S/C30H36FN7O6/c1-34-15-43-13-17-4-2-3-5-36(17)9-16(32)10-37(33)11-20-18-7-26(39)23(31)8-24(18)35-27-21(20)12-38-25(27)6-19-22(29(38)41)14-44-30(42)28(19)40/h6-8,10,17,28,34,39-40H,2-5,9,11-15,32-33H2,1H3/b16-10-. The van der Waals surface area contributed by atoms with Gasteiger partial charge >= 0.3 is 5.97 Å². The van der Waals surface area contributed by atoms with Crippen molar-refractivity contribution in [3.8, 4) is 17.1 Å². The van der Waals surface area contributed by atoms with Crippen LogP contribution in [0.1, 0.15) is 47.6 Å². The normalized spacial score (nSPS) is 19.9. The molecule has 0 spiro atoms. The molecule has 1 aromatic carbocycles. The minimum absolute atomic E-state index is 0.106. The highest BCUT2D eigenvalue weighted by molar-refractivity contribution is 5.89. The largest absolute Gasteiger partial charge is 0.505 e. The number of hydrogen-bond donors (Lipinski definition) is 5. The van der Waals surface area contributed by atoms with E-state index in [1.807, 2.05) is 7.05 Å². The number of aromatic hydroxyl groups is 1. The first-order valence-electron chi connectivity index (χ1n) is 14.6. The number of nitrogens with two attached hydrogens (primary N) is 2. The molecule has 2 unspecified atom stereocenters. The molecule has 2 aromatic heterocycles. The van der Waals surface area contributed by atoms with E-state index >= 15 is 0 Å². The molecule has 5 heterocycles. The van der Waals surface area contributed by atoms with Gasteiger partial charge in [-0.3, -0.25) is 15.0 Å². The molecule has 0 aliphatic carbocycles. The number of likely N-dealkylation sites (tertiary alicyclic amines) is 1. The van der Waals surface area contributed by atoms with Crippen LogP contribution in [-0.4, -0.2) is 75.2 Å². The van der Waals surface area contributed by atoms with E-state index in [0.29, 0.717) is 53.5 Å². The summed E-state index contributed by atoms with van der Waals surface area (Å²) in [7, 11) is 1.83. The van der Waals surface area contributed by atoms with Crippen molar-refractivity contribution in [1.29, 1.82) is 0 Å². The number of pyridine rings is 2. The summed E-state index contributed by atoms with van der Waals surface area (Å²) in [5, 5.41) is 25.6. The lowest BCUT2D eigenvalue weighted by atomic mass is 9.98. The van der Waals surface area contributed by atoms with Gasteiger partial charge in [-0.2, -0.15) is 0 Å². The van der Waals surface area contributed by atoms with Crippen molar-refractivity contribution in [3.63, 3.8) is 0 Å². The number of hydrogen-bond acceptors (Lipinski definition) is 12. The fourth-order valence-corrected chi connectivity index (χ4v) is 6.37. The van der Waals surface area contributed by atoms with Crippen molar-refractivity contribution in [2.45, 2.75) is 51.1 Å². The fourth-order valence-electron chi connectivity index (χ4n) is 6.37. The summed E-state index contributed by atoms with van der Waals surface area (Å²) in [5.74, 6) is 4.25. The van der Waals surface area contributed by atoms with Crippen LogP contribution in [0.4, 0.5) is 4.39 Å². The first-order valence-corrected chi connectivity index (χ1v) is 14.6. The van der Waals surface area contributed by atoms with Gasteiger partial charge in [0.15, 0.2) is 17.7 Å². The Morgan fingerprint density at radius 2 is 2.11 bits per heavy atom. The van der Waals surface area contributed by atoms with Crippen LogP contribution in [0.25, 0.3) is 22.3 Å². The summed E-state index contributed by atoms with van der Waals surface area (Å²) in [6, 6.07) is 4.21. The summed E-state index contributed by atoms with van der Waals surface area (Å²) in [4.78, 5) is 32.4. The topological polar surface area (TPSA) is 181 Å². The average Bonchev–Trinajstić information content (AvgIpc) is 3.36. The number of hydrazine groups is 1. The van der Waals surface area contributed by atoms with Crippen LogP contribution in [-0.2, 0) is 34.0 Å². The minimum Gasteiger partial charge on any atom is -0.505 e. The molecule has 1 fully saturated rings. The van der Waals surface area contributed by atoms with Crippen LogP contribution < -0.4 is 22.5 Å². The highest BCUT2D eigenvalue weighted by atomic mass is 19.1. The van der Waals surface area contributed by atoms with E-state index in [0.717, 1.165) is 31.9 Å². The maximum atomic E-state index is 14.5. The summed E-state index contributed by atoms with van der Waals surface area (Å²) < 4.78 is 26.7. The molecule has 0 amide bonds. The van der Waals surface area contributed by atoms with Gasteiger partial charge in [0, 0.05) is 47.1 Å². The van der Waals surface area contributed by atoms with Crippen molar-refractivity contribution in [1.82, 2.24) is 24.8 Å². The summed E-state index contributed by atoms with van der Waals surface area (Å²) in [6.07, 6.45) is 3.25. The van der Waals surface area contributed by atoms with Gasteiger partial charge in [0.05, 0.1) is 48.9 Å². The van der Waals surface area contributed by atoms with E-state index < -0.39 is 29.2 Å². The van der Waals surface area contributed by atoms with E-state index in [2.05, 4.69) is 15.2 Å². The molecule has 14 heteroatoms. The van der Waals surface area contributed by atoms with Crippen molar-refractivity contribution in [2.75, 3.05) is 33.5 Å². The number of esters is 1. The summed E-state index contributed by atoms with van der Waals surface area (Å²) in [5.41, 5.74) is 9.22. The van der Waals surface area contributed by atoms with E-state index in [1.54, 1.807) is 12.3 Å². The molecule has 6 rings (SSSR count). The molecule has 7 N–H and O–H groups in total. The number of rotatable bonds is 9. The number of nitrogens with zero attached hydrogens (tertiary/aromatic N) is 4. The van der Waals surface area contributed by atoms with Crippen molar-refractivity contribution < 1.29 is 28.9 Å². The highest BCUT2D eigenvalue weighted by Crippen LogP contribution is 2.39. The Morgan fingerprint density at radius 1 is 1.30 bits per heavy atom. The molecular formula is C30H36FN7O6. The molecule has 3 aliphatic rings. The number of piperidine rings is 1. The number of carbonyl (C=O) groups is 1. The fraction of sp³-hybridized carbons (Fsp3) is 0.433. The zero-order valence-electron chi connectivity index (χ0n) is 24.4. The van der Waals surface area contributed by atoms with Crippen LogP contribution in [0, 0.1) is 5.82 Å². The number of carbonyl (C=O) groups excluding carboxylic acids is 1. The third-order valence-electron chi connectivity index (χ3n) is 8.51. The van der Waals surface area contributed by atoms with Gasteiger partial charge in [0.2, 0.25) is 0 Å². The number of nitrogens with one attached hydrogen (secondary N) is 1. The minimum atomic E-state index is -1.60. The van der Waals surface area contributed by atoms with E-state index in [1.165, 1.54) is 15.6 Å². The molecule has 0 saturated carbocycles. The van der Waals surface area contributed by atoms with Crippen LogP contribution >= 0.6 is 0 Å². The maximum Gasteiger partial charge on any atom is 0.340 e. The predicted octanol–water partition coefficient (Wildman–Crippen LogP) is 0.884. The average molecular weight is 610 g/mol.